The van der Waals surface area contributed by atoms with Gasteiger partial charge in [0.1, 0.15) is 5.82 Å². The van der Waals surface area contributed by atoms with Crippen LogP contribution < -0.4 is 0 Å². The highest BCUT2D eigenvalue weighted by Gasteiger charge is 2.20. The zero-order valence-electron chi connectivity index (χ0n) is 19.1. The van der Waals surface area contributed by atoms with E-state index in [9.17, 15) is 8.42 Å². The third-order valence-electron chi connectivity index (χ3n) is 5.52. The van der Waals surface area contributed by atoms with Crippen molar-refractivity contribution in [2.24, 2.45) is 0 Å². The van der Waals surface area contributed by atoms with Gasteiger partial charge in [0, 0.05) is 27.1 Å². The van der Waals surface area contributed by atoms with Gasteiger partial charge in [-0.1, -0.05) is 49.0 Å². The maximum absolute atomic E-state index is 12.5. The number of hydrogen-bond acceptors (Lipinski definition) is 7. The Bertz CT molecular complexity index is 1350. The first kappa shape index (κ1) is 23.5. The largest absolute Gasteiger partial charge is 0.416 e. The molecule has 0 bridgehead atoms. The highest BCUT2D eigenvalue weighted by Crippen LogP contribution is 2.27. The second-order valence-electron chi connectivity index (χ2n) is 7.98. The number of benzene rings is 2. The van der Waals surface area contributed by atoms with Crippen LogP contribution in [0.3, 0.4) is 0 Å². The fourth-order valence-corrected chi connectivity index (χ4v) is 5.31. The number of thioether (sulfide) groups is 1. The molecule has 0 amide bonds. The standard InChI is InChI=1S/C23H27N5O3S2/c1-5-28-20-12-11-18(33(29,30)27(3)4)14-19(20)24-21(28)15-32-23-26-25-22(31-23)13-16(2)17-9-7-6-8-10-17/h6-12,14,16H,5,13,15H2,1-4H3. The zero-order valence-corrected chi connectivity index (χ0v) is 20.7. The summed E-state index contributed by atoms with van der Waals surface area (Å²) in [5, 5.41) is 8.87. The maximum Gasteiger partial charge on any atom is 0.277 e. The van der Waals surface area contributed by atoms with Crippen LogP contribution in [0.5, 0.6) is 0 Å². The Morgan fingerprint density at radius 2 is 1.88 bits per heavy atom. The van der Waals surface area contributed by atoms with Gasteiger partial charge in [-0.2, -0.15) is 0 Å². The summed E-state index contributed by atoms with van der Waals surface area (Å²) in [6.45, 7) is 4.89. The van der Waals surface area contributed by atoms with Crippen molar-refractivity contribution in [3.05, 3.63) is 65.8 Å². The molecule has 0 N–H and O–H groups in total. The molecule has 1 atom stereocenters. The number of sulfonamides is 1. The number of imidazole rings is 1. The van der Waals surface area contributed by atoms with Gasteiger partial charge in [-0.15, -0.1) is 10.2 Å². The minimum absolute atomic E-state index is 0.231. The van der Waals surface area contributed by atoms with Gasteiger partial charge >= 0.3 is 0 Å². The molecule has 0 radical (unpaired) electrons. The maximum atomic E-state index is 12.5. The topological polar surface area (TPSA) is 94.1 Å². The van der Waals surface area contributed by atoms with Crippen molar-refractivity contribution >= 4 is 32.8 Å². The van der Waals surface area contributed by atoms with Crippen LogP contribution in [0.1, 0.15) is 37.0 Å². The van der Waals surface area contributed by atoms with E-state index < -0.39 is 10.0 Å². The Morgan fingerprint density at radius 1 is 1.12 bits per heavy atom. The molecule has 33 heavy (non-hydrogen) atoms. The first-order valence-electron chi connectivity index (χ1n) is 10.7. The average molecular weight is 486 g/mol. The molecule has 174 valence electrons. The van der Waals surface area contributed by atoms with Gasteiger partial charge in [0.15, 0.2) is 0 Å². The van der Waals surface area contributed by atoms with Gasteiger partial charge in [-0.05, 0) is 36.6 Å². The van der Waals surface area contributed by atoms with Crippen molar-refractivity contribution in [3.8, 4) is 0 Å². The molecule has 1 unspecified atom stereocenters. The molecule has 0 aliphatic carbocycles. The second kappa shape index (κ2) is 9.66. The van der Waals surface area contributed by atoms with Crippen molar-refractivity contribution in [1.29, 1.82) is 0 Å². The number of nitrogens with zero attached hydrogens (tertiary/aromatic N) is 5. The normalized spacial score (nSPS) is 13.1. The highest BCUT2D eigenvalue weighted by molar-refractivity contribution is 7.98. The summed E-state index contributed by atoms with van der Waals surface area (Å²) < 4.78 is 34.1. The fraction of sp³-hybridized carbons (Fsp3) is 0.348. The predicted octanol–water partition coefficient (Wildman–Crippen LogP) is 4.33. The van der Waals surface area contributed by atoms with Gasteiger partial charge in [0.2, 0.25) is 15.9 Å². The summed E-state index contributed by atoms with van der Waals surface area (Å²) in [7, 11) is -0.477. The van der Waals surface area contributed by atoms with Gasteiger partial charge < -0.3 is 8.98 Å². The third-order valence-corrected chi connectivity index (χ3v) is 8.14. The smallest absolute Gasteiger partial charge is 0.277 e. The molecular weight excluding hydrogens is 458 g/mol. The molecule has 2 heterocycles. The molecular formula is C23H27N5O3S2. The summed E-state index contributed by atoms with van der Waals surface area (Å²) >= 11 is 1.43. The van der Waals surface area contributed by atoms with Crippen LogP contribution in [0.25, 0.3) is 11.0 Å². The van der Waals surface area contributed by atoms with Crippen molar-refractivity contribution in [2.45, 2.75) is 48.6 Å². The van der Waals surface area contributed by atoms with Gasteiger partial charge in [-0.3, -0.25) is 0 Å². The highest BCUT2D eigenvalue weighted by atomic mass is 32.2. The van der Waals surface area contributed by atoms with Gasteiger partial charge in [0.05, 0.1) is 21.7 Å². The Kier molecular flexibility index (Phi) is 6.87. The lowest BCUT2D eigenvalue weighted by Crippen LogP contribution is -2.22. The third kappa shape index (κ3) is 4.97. The molecule has 4 rings (SSSR count). The summed E-state index contributed by atoms with van der Waals surface area (Å²) in [6.07, 6.45) is 0.675. The van der Waals surface area contributed by atoms with E-state index in [1.807, 2.05) is 31.2 Å². The quantitative estimate of drug-likeness (QED) is 0.326. The molecule has 2 aromatic carbocycles. The lowest BCUT2D eigenvalue weighted by molar-refractivity contribution is 0.404. The van der Waals surface area contributed by atoms with E-state index in [1.165, 1.54) is 35.7 Å². The van der Waals surface area contributed by atoms with Crippen LogP contribution in [-0.4, -0.2) is 46.6 Å². The molecule has 0 fully saturated rings. The van der Waals surface area contributed by atoms with Gasteiger partial charge in [0.25, 0.3) is 5.22 Å². The predicted molar refractivity (Wildman–Crippen MR) is 129 cm³/mol. The number of fused-ring (bicyclic) bond motifs is 1. The van der Waals surface area contributed by atoms with Crippen molar-refractivity contribution in [2.75, 3.05) is 14.1 Å². The number of aryl methyl sites for hydroxylation is 1. The van der Waals surface area contributed by atoms with Crippen LogP contribution >= 0.6 is 11.8 Å². The molecule has 8 nitrogen and oxygen atoms in total. The molecule has 0 aliphatic heterocycles. The summed E-state index contributed by atoms with van der Waals surface area (Å²) in [5.41, 5.74) is 2.78. The number of hydrogen-bond donors (Lipinski definition) is 0. The van der Waals surface area contributed by atoms with E-state index in [0.29, 0.717) is 28.8 Å². The molecule has 0 spiro atoms. The monoisotopic (exact) mass is 485 g/mol. The Labute approximate surface area is 198 Å². The minimum Gasteiger partial charge on any atom is -0.416 e. The fourth-order valence-electron chi connectivity index (χ4n) is 3.66. The Morgan fingerprint density at radius 3 is 2.58 bits per heavy atom. The summed E-state index contributed by atoms with van der Waals surface area (Å²) in [6, 6.07) is 15.3. The van der Waals surface area contributed by atoms with Crippen molar-refractivity contribution in [1.82, 2.24) is 24.1 Å². The van der Waals surface area contributed by atoms with Crippen LogP contribution in [0.2, 0.25) is 0 Å². The Hall–Kier alpha value is -2.69. The van der Waals surface area contributed by atoms with E-state index in [4.69, 9.17) is 9.40 Å². The van der Waals surface area contributed by atoms with Gasteiger partial charge in [-0.25, -0.2) is 17.7 Å². The molecule has 0 saturated carbocycles. The van der Waals surface area contributed by atoms with Crippen molar-refractivity contribution < 1.29 is 12.8 Å². The first-order chi connectivity index (χ1) is 15.8. The molecule has 4 aromatic rings. The molecule has 10 heteroatoms. The van der Waals surface area contributed by atoms with E-state index in [2.05, 4.69) is 33.8 Å². The Balaban J connectivity index is 1.49. The van der Waals surface area contributed by atoms with E-state index in [1.54, 1.807) is 12.1 Å². The van der Waals surface area contributed by atoms with Crippen LogP contribution in [-0.2, 0) is 28.7 Å². The summed E-state index contributed by atoms with van der Waals surface area (Å²) in [4.78, 5) is 4.93. The van der Waals surface area contributed by atoms with Crippen LogP contribution in [0, 0.1) is 0 Å². The molecule has 0 aliphatic rings. The average Bonchev–Trinajstić information content (AvgIpc) is 3.40. The van der Waals surface area contributed by atoms with E-state index in [-0.39, 0.29) is 10.8 Å². The van der Waals surface area contributed by atoms with E-state index >= 15 is 0 Å². The zero-order chi connectivity index (χ0) is 23.6. The first-order valence-corrected chi connectivity index (χ1v) is 13.1. The van der Waals surface area contributed by atoms with E-state index in [0.717, 1.165) is 17.9 Å². The number of rotatable bonds is 9. The summed E-state index contributed by atoms with van der Waals surface area (Å²) in [5.74, 6) is 2.25. The van der Waals surface area contributed by atoms with Crippen LogP contribution in [0.15, 0.2) is 63.1 Å². The number of aromatic nitrogens is 4. The second-order valence-corrected chi connectivity index (χ2v) is 11.1. The molecule has 2 aromatic heterocycles. The SMILES string of the molecule is CCn1c(CSc2nnc(CC(C)c3ccccc3)o2)nc2cc(S(=O)(=O)N(C)C)ccc21. The lowest BCUT2D eigenvalue weighted by Gasteiger charge is -2.11. The minimum atomic E-state index is -3.52. The van der Waals surface area contributed by atoms with Crippen molar-refractivity contribution in [3.63, 3.8) is 0 Å². The van der Waals surface area contributed by atoms with Crippen LogP contribution in [0.4, 0.5) is 0 Å². The lowest BCUT2D eigenvalue weighted by atomic mass is 9.98. The molecule has 0 saturated heterocycles.